The van der Waals surface area contributed by atoms with Crippen LogP contribution in [-0.4, -0.2) is 9.97 Å². The number of pyridine rings is 1. The van der Waals surface area contributed by atoms with E-state index < -0.39 is 0 Å². The highest BCUT2D eigenvalue weighted by Crippen LogP contribution is 2.67. The zero-order valence-corrected chi connectivity index (χ0v) is 17.0. The smallest absolute Gasteiger partial charge is 0.142 e. The number of nitrogens with zero attached hydrogens (tertiary/aromatic N) is 2. The Kier molecular flexibility index (Phi) is 4.26. The molecule has 3 aliphatic rings. The molecule has 0 N–H and O–H groups in total. The van der Waals surface area contributed by atoms with Crippen molar-refractivity contribution < 1.29 is 0 Å². The molecule has 0 aliphatic heterocycles. The van der Waals surface area contributed by atoms with Crippen molar-refractivity contribution in [1.82, 2.24) is 9.97 Å². The molecule has 1 saturated carbocycles. The van der Waals surface area contributed by atoms with Crippen molar-refractivity contribution in [2.75, 3.05) is 0 Å². The molecule has 0 radical (unpaired) electrons. The van der Waals surface area contributed by atoms with Crippen LogP contribution in [0.3, 0.4) is 0 Å². The van der Waals surface area contributed by atoms with Crippen molar-refractivity contribution in [1.29, 1.82) is 0 Å². The second kappa shape index (κ2) is 6.19. The average Bonchev–Trinajstić information content (AvgIpc) is 2.95. The zero-order chi connectivity index (χ0) is 17.8. The van der Waals surface area contributed by atoms with Gasteiger partial charge in [0.05, 0.1) is 11.4 Å². The summed E-state index contributed by atoms with van der Waals surface area (Å²) in [4.78, 5) is 11.4. The Balaban J connectivity index is 1.75. The Hall–Kier alpha value is -1.22. The molecule has 0 aromatic carbocycles. The fourth-order valence-corrected chi connectivity index (χ4v) is 6.34. The Labute approximate surface area is 156 Å². The average molecular weight is 355 g/mol. The normalized spacial score (nSPS) is 26.2. The number of aryl methyl sites for hydroxylation is 2. The van der Waals surface area contributed by atoms with Crippen molar-refractivity contribution in [3.8, 4) is 10.7 Å². The van der Waals surface area contributed by atoms with Crippen LogP contribution in [0, 0.1) is 18.3 Å². The SMILES string of the molecule is CCCc1sc(-c2ccc3c(n2)[C@@H](CCC)[C@H]2C[C@@H]3C2(C)C)nc1C. The first-order chi connectivity index (χ1) is 12.0. The highest BCUT2D eigenvalue weighted by Gasteiger charge is 2.56. The maximum absolute atomic E-state index is 5.19. The van der Waals surface area contributed by atoms with Gasteiger partial charge in [-0.25, -0.2) is 9.97 Å². The summed E-state index contributed by atoms with van der Waals surface area (Å²) in [7, 11) is 0. The molecule has 2 aromatic rings. The maximum Gasteiger partial charge on any atom is 0.142 e. The van der Waals surface area contributed by atoms with Crippen molar-refractivity contribution in [3.63, 3.8) is 0 Å². The maximum atomic E-state index is 5.19. The van der Waals surface area contributed by atoms with Crippen LogP contribution in [0.2, 0.25) is 0 Å². The van der Waals surface area contributed by atoms with Crippen molar-refractivity contribution in [2.24, 2.45) is 11.3 Å². The number of aromatic nitrogens is 2. The second-order valence-corrected chi connectivity index (χ2v) is 9.64. The highest BCUT2D eigenvalue weighted by molar-refractivity contribution is 7.15. The molecule has 1 fully saturated rings. The van der Waals surface area contributed by atoms with Crippen LogP contribution in [0.15, 0.2) is 12.1 Å². The van der Waals surface area contributed by atoms with E-state index in [0.717, 1.165) is 23.0 Å². The number of rotatable bonds is 5. The molecule has 0 saturated heterocycles. The van der Waals surface area contributed by atoms with Crippen LogP contribution in [0.1, 0.15) is 87.0 Å². The van der Waals surface area contributed by atoms with E-state index in [1.54, 1.807) is 0 Å². The van der Waals surface area contributed by atoms with E-state index in [1.165, 1.54) is 47.5 Å². The fourth-order valence-electron chi connectivity index (χ4n) is 5.20. The van der Waals surface area contributed by atoms with Gasteiger partial charge < -0.3 is 0 Å². The van der Waals surface area contributed by atoms with E-state index in [0.29, 0.717) is 17.3 Å². The zero-order valence-electron chi connectivity index (χ0n) is 16.2. The molecule has 0 unspecified atom stereocenters. The predicted molar refractivity (Wildman–Crippen MR) is 106 cm³/mol. The summed E-state index contributed by atoms with van der Waals surface area (Å²) in [6.07, 6.45) is 6.18. The molecule has 2 heterocycles. The van der Waals surface area contributed by atoms with Crippen LogP contribution in [0.4, 0.5) is 0 Å². The summed E-state index contributed by atoms with van der Waals surface area (Å²) in [6, 6.07) is 4.60. The van der Waals surface area contributed by atoms with E-state index in [4.69, 9.17) is 9.97 Å². The lowest BCUT2D eigenvalue weighted by Gasteiger charge is -2.60. The standard InChI is InChI=1S/C22H30N2S/c1-6-8-14-16-12-17(22(16,4)5)15-10-11-18(24-20(14)15)21-23-13(3)19(25-21)9-7-2/h10-11,14,16-17H,6-9,12H2,1-5H3/t14-,16+,17-/m0/s1. The molecule has 0 spiro atoms. The summed E-state index contributed by atoms with van der Waals surface area (Å²) in [5.74, 6) is 2.15. The quantitative estimate of drug-likeness (QED) is 0.613. The monoisotopic (exact) mass is 354 g/mol. The summed E-state index contributed by atoms with van der Waals surface area (Å²) >= 11 is 1.84. The minimum atomic E-state index is 0.447. The lowest BCUT2D eigenvalue weighted by Crippen LogP contribution is -2.50. The largest absolute Gasteiger partial charge is 0.250 e. The van der Waals surface area contributed by atoms with Crippen molar-refractivity contribution >= 4 is 11.3 Å². The van der Waals surface area contributed by atoms with Gasteiger partial charge in [0.1, 0.15) is 5.01 Å². The third-order valence-electron chi connectivity index (χ3n) is 6.70. The number of hydrogen-bond acceptors (Lipinski definition) is 3. The van der Waals surface area contributed by atoms with Gasteiger partial charge >= 0.3 is 0 Å². The van der Waals surface area contributed by atoms with Gasteiger partial charge in [0.25, 0.3) is 0 Å². The first-order valence-electron chi connectivity index (χ1n) is 9.94. The Morgan fingerprint density at radius 2 is 1.96 bits per heavy atom. The van der Waals surface area contributed by atoms with E-state index in [1.807, 2.05) is 11.3 Å². The number of thiazole rings is 1. The van der Waals surface area contributed by atoms with Gasteiger partial charge in [-0.2, -0.15) is 0 Å². The summed E-state index contributed by atoms with van der Waals surface area (Å²) in [6.45, 7) is 11.6. The Morgan fingerprint density at radius 1 is 1.16 bits per heavy atom. The van der Waals surface area contributed by atoms with Crippen LogP contribution in [0.5, 0.6) is 0 Å². The molecule has 3 aliphatic carbocycles. The molecule has 2 aromatic heterocycles. The van der Waals surface area contributed by atoms with Gasteiger partial charge in [-0.05, 0) is 55.1 Å². The van der Waals surface area contributed by atoms with Crippen LogP contribution in [0.25, 0.3) is 10.7 Å². The fraction of sp³-hybridized carbons (Fsp3) is 0.636. The molecule has 2 nitrogen and oxygen atoms in total. The summed E-state index contributed by atoms with van der Waals surface area (Å²) < 4.78 is 0. The number of hydrogen-bond donors (Lipinski definition) is 0. The van der Waals surface area contributed by atoms with Gasteiger partial charge in [-0.1, -0.05) is 46.6 Å². The van der Waals surface area contributed by atoms with Gasteiger partial charge in [0.15, 0.2) is 0 Å². The second-order valence-electron chi connectivity index (χ2n) is 8.56. The Morgan fingerprint density at radius 3 is 2.64 bits per heavy atom. The molecule has 2 bridgehead atoms. The van der Waals surface area contributed by atoms with E-state index in [2.05, 4.69) is 46.8 Å². The lowest BCUT2D eigenvalue weighted by atomic mass is 9.44. The third-order valence-corrected chi connectivity index (χ3v) is 7.94. The highest BCUT2D eigenvalue weighted by atomic mass is 32.1. The van der Waals surface area contributed by atoms with Crippen molar-refractivity contribution in [3.05, 3.63) is 34.0 Å². The van der Waals surface area contributed by atoms with Crippen LogP contribution in [-0.2, 0) is 6.42 Å². The predicted octanol–water partition coefficient (Wildman–Crippen LogP) is 6.49. The van der Waals surface area contributed by atoms with Gasteiger partial charge in [0, 0.05) is 16.5 Å². The van der Waals surface area contributed by atoms with Gasteiger partial charge in [0.2, 0.25) is 0 Å². The molecule has 3 heteroatoms. The molecular weight excluding hydrogens is 324 g/mol. The topological polar surface area (TPSA) is 25.8 Å². The molecule has 3 atom stereocenters. The van der Waals surface area contributed by atoms with Crippen LogP contribution >= 0.6 is 11.3 Å². The summed E-state index contributed by atoms with van der Waals surface area (Å²) in [5, 5.41) is 1.11. The Bertz CT molecular complexity index is 789. The third kappa shape index (κ3) is 2.58. The van der Waals surface area contributed by atoms with E-state index in [9.17, 15) is 0 Å². The molecular formula is C22H30N2S. The molecule has 134 valence electrons. The van der Waals surface area contributed by atoms with Gasteiger partial charge in [-0.15, -0.1) is 11.3 Å². The van der Waals surface area contributed by atoms with Crippen molar-refractivity contribution in [2.45, 2.75) is 78.6 Å². The first-order valence-corrected chi connectivity index (χ1v) is 10.8. The minimum absolute atomic E-state index is 0.447. The minimum Gasteiger partial charge on any atom is -0.250 e. The van der Waals surface area contributed by atoms with E-state index >= 15 is 0 Å². The summed E-state index contributed by atoms with van der Waals surface area (Å²) in [5.41, 5.74) is 5.65. The molecule has 5 rings (SSSR count). The molecule has 25 heavy (non-hydrogen) atoms. The lowest BCUT2D eigenvalue weighted by molar-refractivity contribution is -0.00988. The van der Waals surface area contributed by atoms with Crippen LogP contribution < -0.4 is 0 Å². The van der Waals surface area contributed by atoms with E-state index in [-0.39, 0.29) is 0 Å². The first kappa shape index (κ1) is 17.2. The van der Waals surface area contributed by atoms with Gasteiger partial charge in [-0.3, -0.25) is 0 Å². The molecule has 0 amide bonds.